The van der Waals surface area contributed by atoms with Crippen LogP contribution in [0, 0.1) is 0 Å². The first kappa shape index (κ1) is 23.0. The van der Waals surface area contributed by atoms with Crippen LogP contribution in [0.1, 0.15) is 12.5 Å². The van der Waals surface area contributed by atoms with E-state index in [4.69, 9.17) is 4.74 Å². The molecule has 0 bridgehead atoms. The molecule has 11 heteroatoms. The lowest BCUT2D eigenvalue weighted by molar-refractivity contribution is -0.181. The molecule has 0 radical (unpaired) electrons. The zero-order chi connectivity index (χ0) is 21.6. The predicted octanol–water partition coefficient (Wildman–Crippen LogP) is 2.94. The Kier molecular flexibility index (Phi) is 7.88. The molecule has 0 aliphatic carbocycles. The Hall–Kier alpha value is -2.30. The Balaban J connectivity index is 1.98. The van der Waals surface area contributed by atoms with E-state index in [9.17, 15) is 22.0 Å². The van der Waals surface area contributed by atoms with Crippen molar-refractivity contribution in [2.45, 2.75) is 32.3 Å². The number of ether oxygens (including phenoxy) is 2. The summed E-state index contributed by atoms with van der Waals surface area (Å²) in [6.07, 6.45) is -4.27. The van der Waals surface area contributed by atoms with E-state index in [1.165, 1.54) is 18.1 Å². The van der Waals surface area contributed by atoms with Crippen LogP contribution in [0.4, 0.5) is 22.0 Å². The Labute approximate surface area is 166 Å². The summed E-state index contributed by atoms with van der Waals surface area (Å²) >= 11 is 0. The Morgan fingerprint density at radius 3 is 2.38 bits per heavy atom. The molecule has 1 N–H and O–H groups in total. The fraction of sp³-hybridized carbons (Fsp3) is 0.611. The molecule has 1 fully saturated rings. The molecule has 0 amide bonds. The highest BCUT2D eigenvalue weighted by Crippen LogP contribution is 2.27. The normalized spacial score (nSPS) is 17.4. The van der Waals surface area contributed by atoms with Gasteiger partial charge in [0.1, 0.15) is 17.5 Å². The van der Waals surface area contributed by atoms with Gasteiger partial charge in [-0.15, -0.1) is 0 Å². The van der Waals surface area contributed by atoms with Crippen LogP contribution >= 0.6 is 0 Å². The fourth-order valence-corrected chi connectivity index (χ4v) is 3.05. The summed E-state index contributed by atoms with van der Waals surface area (Å²) in [5.41, 5.74) is 0.469. The summed E-state index contributed by atoms with van der Waals surface area (Å²) in [6, 6.07) is 3.08. The van der Waals surface area contributed by atoms with Crippen molar-refractivity contribution in [2.24, 2.45) is 4.99 Å². The van der Waals surface area contributed by atoms with Gasteiger partial charge in [0, 0.05) is 51.4 Å². The number of benzene rings is 1. The SMILES string of the molecule is CN=C(NCc1ccc(OC)cc1OC(F)F)N1CCN(C(C)C(F)(F)F)CC1. The maximum absolute atomic E-state index is 12.9. The third-order valence-corrected chi connectivity index (χ3v) is 4.77. The van der Waals surface area contributed by atoms with Crippen molar-refractivity contribution in [1.29, 1.82) is 0 Å². The van der Waals surface area contributed by atoms with E-state index in [0.717, 1.165) is 6.92 Å². The molecule has 6 nitrogen and oxygen atoms in total. The zero-order valence-corrected chi connectivity index (χ0v) is 16.5. The van der Waals surface area contributed by atoms with Crippen molar-refractivity contribution < 1.29 is 31.4 Å². The molecular weight excluding hydrogens is 399 g/mol. The molecule has 2 rings (SSSR count). The van der Waals surface area contributed by atoms with Crippen molar-refractivity contribution in [3.63, 3.8) is 0 Å². The second-order valence-corrected chi connectivity index (χ2v) is 6.49. The van der Waals surface area contributed by atoms with Crippen LogP contribution < -0.4 is 14.8 Å². The Morgan fingerprint density at radius 2 is 1.86 bits per heavy atom. The molecule has 1 unspecified atom stereocenters. The number of piperazine rings is 1. The van der Waals surface area contributed by atoms with Crippen LogP contribution in [0.3, 0.4) is 0 Å². The van der Waals surface area contributed by atoms with Gasteiger partial charge in [-0.1, -0.05) is 0 Å². The molecule has 0 aromatic heterocycles. The molecule has 1 aromatic rings. The van der Waals surface area contributed by atoms with Gasteiger partial charge in [0.05, 0.1) is 7.11 Å². The zero-order valence-electron chi connectivity index (χ0n) is 16.5. The van der Waals surface area contributed by atoms with Crippen LogP contribution in [0.2, 0.25) is 0 Å². The standard InChI is InChI=1S/C18H25F5N4O2/c1-12(18(21,22)23)26-6-8-27(9-7-26)17(24-2)25-11-13-4-5-14(28-3)10-15(13)29-16(19)20/h4-5,10,12,16H,6-9,11H2,1-3H3,(H,24,25). The van der Waals surface area contributed by atoms with Crippen LogP contribution in [0.25, 0.3) is 0 Å². The van der Waals surface area contributed by atoms with Gasteiger partial charge in [0.25, 0.3) is 0 Å². The van der Waals surface area contributed by atoms with Gasteiger partial charge < -0.3 is 19.7 Å². The average Bonchev–Trinajstić information content (AvgIpc) is 2.68. The second kappa shape index (κ2) is 9.95. The molecule has 1 saturated heterocycles. The molecule has 1 aliphatic rings. The molecular formula is C18H25F5N4O2. The summed E-state index contributed by atoms with van der Waals surface area (Å²) in [7, 11) is 2.97. The summed E-state index contributed by atoms with van der Waals surface area (Å²) in [6.45, 7) is -0.474. The van der Waals surface area contributed by atoms with Gasteiger partial charge in [-0.05, 0) is 19.1 Å². The maximum atomic E-state index is 12.9. The second-order valence-electron chi connectivity index (χ2n) is 6.49. The highest BCUT2D eigenvalue weighted by Gasteiger charge is 2.41. The Bertz CT molecular complexity index is 691. The summed E-state index contributed by atoms with van der Waals surface area (Å²) < 4.78 is 73.6. The minimum absolute atomic E-state index is 0.0221. The Morgan fingerprint density at radius 1 is 1.21 bits per heavy atom. The van der Waals surface area contributed by atoms with Gasteiger partial charge in [0.2, 0.25) is 0 Å². The lowest BCUT2D eigenvalue weighted by Crippen LogP contribution is -2.56. The molecule has 0 spiro atoms. The lowest BCUT2D eigenvalue weighted by atomic mass is 10.2. The topological polar surface area (TPSA) is 49.3 Å². The van der Waals surface area contributed by atoms with Gasteiger partial charge in [-0.3, -0.25) is 9.89 Å². The summed E-state index contributed by atoms with van der Waals surface area (Å²) in [4.78, 5) is 7.35. The van der Waals surface area contributed by atoms with E-state index in [0.29, 0.717) is 30.4 Å². The van der Waals surface area contributed by atoms with Gasteiger partial charge in [-0.2, -0.15) is 22.0 Å². The minimum Gasteiger partial charge on any atom is -0.497 e. The highest BCUT2D eigenvalue weighted by atomic mass is 19.4. The monoisotopic (exact) mass is 424 g/mol. The van der Waals surface area contributed by atoms with Crippen molar-refractivity contribution in [3.8, 4) is 11.5 Å². The first-order valence-electron chi connectivity index (χ1n) is 9.03. The molecule has 164 valence electrons. The lowest BCUT2D eigenvalue weighted by Gasteiger charge is -2.39. The number of hydrogen-bond donors (Lipinski definition) is 1. The smallest absolute Gasteiger partial charge is 0.403 e. The van der Waals surface area contributed by atoms with Crippen LogP contribution in [0.5, 0.6) is 11.5 Å². The number of guanidine groups is 1. The molecule has 0 saturated carbocycles. The first-order valence-corrected chi connectivity index (χ1v) is 9.03. The van der Waals surface area contributed by atoms with Crippen LogP contribution in [-0.4, -0.2) is 74.9 Å². The van der Waals surface area contributed by atoms with Crippen LogP contribution in [0.15, 0.2) is 23.2 Å². The quantitative estimate of drug-likeness (QED) is 0.432. The number of methoxy groups -OCH3 is 1. The van der Waals surface area contributed by atoms with E-state index in [2.05, 4.69) is 15.0 Å². The predicted molar refractivity (Wildman–Crippen MR) is 98.5 cm³/mol. The summed E-state index contributed by atoms with van der Waals surface area (Å²) in [5.74, 6) is 0.831. The van der Waals surface area contributed by atoms with Crippen molar-refractivity contribution in [2.75, 3.05) is 40.3 Å². The average molecular weight is 424 g/mol. The van der Waals surface area contributed by atoms with E-state index in [1.807, 2.05) is 4.90 Å². The van der Waals surface area contributed by atoms with Gasteiger partial charge in [-0.25, -0.2) is 0 Å². The van der Waals surface area contributed by atoms with E-state index in [1.54, 1.807) is 19.2 Å². The van der Waals surface area contributed by atoms with E-state index >= 15 is 0 Å². The molecule has 1 aliphatic heterocycles. The summed E-state index contributed by atoms with van der Waals surface area (Å²) in [5, 5.41) is 3.05. The fourth-order valence-electron chi connectivity index (χ4n) is 3.05. The van der Waals surface area contributed by atoms with E-state index < -0.39 is 18.8 Å². The number of halogens is 5. The molecule has 1 aromatic carbocycles. The van der Waals surface area contributed by atoms with Crippen molar-refractivity contribution in [1.82, 2.24) is 15.1 Å². The molecule has 29 heavy (non-hydrogen) atoms. The largest absolute Gasteiger partial charge is 0.497 e. The number of nitrogens with zero attached hydrogens (tertiary/aromatic N) is 3. The number of rotatable bonds is 6. The maximum Gasteiger partial charge on any atom is 0.403 e. The number of nitrogens with one attached hydrogen (secondary N) is 1. The minimum atomic E-state index is -4.27. The molecule has 1 heterocycles. The van der Waals surface area contributed by atoms with Gasteiger partial charge in [0.15, 0.2) is 5.96 Å². The third-order valence-electron chi connectivity index (χ3n) is 4.77. The van der Waals surface area contributed by atoms with Gasteiger partial charge >= 0.3 is 12.8 Å². The van der Waals surface area contributed by atoms with Crippen molar-refractivity contribution >= 4 is 5.96 Å². The van der Waals surface area contributed by atoms with Crippen molar-refractivity contribution in [3.05, 3.63) is 23.8 Å². The molecule has 1 atom stereocenters. The number of alkyl halides is 5. The highest BCUT2D eigenvalue weighted by molar-refractivity contribution is 5.80. The number of hydrogen-bond acceptors (Lipinski definition) is 4. The number of aliphatic imine (C=N–C) groups is 1. The third kappa shape index (κ3) is 6.34. The van der Waals surface area contributed by atoms with Crippen LogP contribution in [-0.2, 0) is 6.54 Å². The van der Waals surface area contributed by atoms with E-state index in [-0.39, 0.29) is 25.4 Å². The first-order chi connectivity index (χ1) is 13.7.